The van der Waals surface area contributed by atoms with Crippen molar-refractivity contribution in [2.24, 2.45) is 0 Å². The van der Waals surface area contributed by atoms with E-state index in [1.54, 1.807) is 17.9 Å². The molecule has 0 aliphatic carbocycles. The van der Waals surface area contributed by atoms with Crippen LogP contribution in [0.4, 0.5) is 0 Å². The molecule has 0 bridgehead atoms. The molecule has 5 nitrogen and oxygen atoms in total. The van der Waals surface area contributed by atoms with Crippen molar-refractivity contribution in [1.29, 1.82) is 0 Å². The number of piperazine rings is 1. The molecule has 1 aliphatic rings. The zero-order chi connectivity index (χ0) is 14.0. The molecular weight excluding hydrogens is 352 g/mol. The molecule has 0 atom stereocenters. The SMILES string of the molecule is CCS(=O)(=O)N1CCN(C(=O)c2ccc(Br)s2)CC1. The van der Waals surface area contributed by atoms with Crippen molar-refractivity contribution in [2.45, 2.75) is 6.92 Å². The van der Waals surface area contributed by atoms with Gasteiger partial charge in [0, 0.05) is 26.2 Å². The van der Waals surface area contributed by atoms with Crippen LogP contribution < -0.4 is 0 Å². The molecule has 1 aliphatic heterocycles. The molecule has 2 rings (SSSR count). The molecule has 0 radical (unpaired) electrons. The molecule has 0 aromatic carbocycles. The highest BCUT2D eigenvalue weighted by Gasteiger charge is 2.28. The zero-order valence-corrected chi connectivity index (χ0v) is 13.7. The number of thiophene rings is 1. The first kappa shape index (κ1) is 15.0. The lowest BCUT2D eigenvalue weighted by Gasteiger charge is -2.33. The fourth-order valence-corrected chi connectivity index (χ4v) is 4.38. The highest BCUT2D eigenvalue weighted by atomic mass is 79.9. The third-order valence-corrected chi connectivity index (χ3v) is 6.56. The van der Waals surface area contributed by atoms with Crippen molar-refractivity contribution in [3.05, 3.63) is 20.8 Å². The topological polar surface area (TPSA) is 57.7 Å². The first-order chi connectivity index (χ1) is 8.94. The molecule has 0 N–H and O–H groups in total. The first-order valence-electron chi connectivity index (χ1n) is 5.96. The Kier molecular flexibility index (Phi) is 4.65. The molecule has 0 spiro atoms. The summed E-state index contributed by atoms with van der Waals surface area (Å²) in [5.41, 5.74) is 0. The lowest BCUT2D eigenvalue weighted by atomic mass is 10.3. The molecule has 2 heterocycles. The van der Waals surface area contributed by atoms with Gasteiger partial charge in [0.1, 0.15) is 0 Å². The lowest BCUT2D eigenvalue weighted by molar-refractivity contribution is 0.0703. The van der Waals surface area contributed by atoms with Gasteiger partial charge in [-0.1, -0.05) is 0 Å². The summed E-state index contributed by atoms with van der Waals surface area (Å²) in [5, 5.41) is 0. The Hall–Kier alpha value is -0.440. The van der Waals surface area contributed by atoms with Gasteiger partial charge in [-0.3, -0.25) is 4.79 Å². The van der Waals surface area contributed by atoms with E-state index in [0.29, 0.717) is 31.1 Å². The quantitative estimate of drug-likeness (QED) is 0.816. The van der Waals surface area contributed by atoms with Gasteiger partial charge >= 0.3 is 0 Å². The van der Waals surface area contributed by atoms with Gasteiger partial charge in [-0.2, -0.15) is 4.31 Å². The van der Waals surface area contributed by atoms with Crippen molar-refractivity contribution in [3.63, 3.8) is 0 Å². The summed E-state index contributed by atoms with van der Waals surface area (Å²) in [7, 11) is -3.14. The van der Waals surface area contributed by atoms with Crippen molar-refractivity contribution in [2.75, 3.05) is 31.9 Å². The van der Waals surface area contributed by atoms with Crippen LogP contribution in [0.5, 0.6) is 0 Å². The smallest absolute Gasteiger partial charge is 0.264 e. The average Bonchev–Trinajstić information content (AvgIpc) is 2.85. The number of hydrogen-bond donors (Lipinski definition) is 0. The first-order valence-corrected chi connectivity index (χ1v) is 9.18. The summed E-state index contributed by atoms with van der Waals surface area (Å²) in [6, 6.07) is 3.63. The fraction of sp³-hybridized carbons (Fsp3) is 0.545. The van der Waals surface area contributed by atoms with E-state index >= 15 is 0 Å². The molecule has 19 heavy (non-hydrogen) atoms. The molecule has 0 saturated carbocycles. The zero-order valence-electron chi connectivity index (χ0n) is 10.5. The molecule has 106 valence electrons. The van der Waals surface area contributed by atoms with E-state index < -0.39 is 10.0 Å². The summed E-state index contributed by atoms with van der Waals surface area (Å²) >= 11 is 4.72. The molecule has 1 amide bonds. The molecule has 1 fully saturated rings. The van der Waals surface area contributed by atoms with E-state index in [4.69, 9.17) is 0 Å². The van der Waals surface area contributed by atoms with Crippen LogP contribution >= 0.6 is 27.3 Å². The Balaban J connectivity index is 1.99. The minimum atomic E-state index is -3.14. The van der Waals surface area contributed by atoms with Gasteiger partial charge in [-0.05, 0) is 35.0 Å². The Bertz CT molecular complexity index is 562. The summed E-state index contributed by atoms with van der Waals surface area (Å²) in [6.07, 6.45) is 0. The van der Waals surface area contributed by atoms with E-state index in [1.165, 1.54) is 15.6 Å². The molecular formula is C11H15BrN2O3S2. The molecule has 1 saturated heterocycles. The van der Waals surface area contributed by atoms with Crippen LogP contribution in [-0.4, -0.2) is 55.5 Å². The fourth-order valence-electron chi connectivity index (χ4n) is 1.94. The van der Waals surface area contributed by atoms with Gasteiger partial charge in [-0.25, -0.2) is 8.42 Å². The van der Waals surface area contributed by atoms with E-state index in [1.807, 2.05) is 6.07 Å². The van der Waals surface area contributed by atoms with Crippen molar-refractivity contribution < 1.29 is 13.2 Å². The summed E-state index contributed by atoms with van der Waals surface area (Å²) in [5.74, 6) is 0.0861. The van der Waals surface area contributed by atoms with Gasteiger partial charge in [0.05, 0.1) is 14.4 Å². The van der Waals surface area contributed by atoms with Crippen molar-refractivity contribution in [3.8, 4) is 0 Å². The third kappa shape index (κ3) is 3.36. The number of carbonyl (C=O) groups excluding carboxylic acids is 1. The van der Waals surface area contributed by atoms with Crippen molar-refractivity contribution in [1.82, 2.24) is 9.21 Å². The molecule has 8 heteroatoms. The maximum Gasteiger partial charge on any atom is 0.264 e. The predicted octanol–water partition coefficient (Wildman–Crippen LogP) is 1.62. The van der Waals surface area contributed by atoms with Gasteiger partial charge < -0.3 is 4.90 Å². The predicted molar refractivity (Wildman–Crippen MR) is 79.0 cm³/mol. The highest BCUT2D eigenvalue weighted by Crippen LogP contribution is 2.23. The number of sulfonamides is 1. The van der Waals surface area contributed by atoms with E-state index in [2.05, 4.69) is 15.9 Å². The van der Waals surface area contributed by atoms with Crippen LogP contribution in [0.3, 0.4) is 0 Å². The Labute approximate surface area is 125 Å². The molecule has 0 unspecified atom stereocenters. The number of amides is 1. The second-order valence-corrected chi connectivity index (χ2v) is 8.92. The largest absolute Gasteiger partial charge is 0.335 e. The minimum Gasteiger partial charge on any atom is -0.335 e. The standard InChI is InChI=1S/C11H15BrN2O3S2/c1-2-19(16,17)14-7-5-13(6-8-14)11(15)9-3-4-10(12)18-9/h3-4H,2,5-8H2,1H3. The van der Waals surface area contributed by atoms with E-state index in [0.717, 1.165) is 3.79 Å². The summed E-state index contributed by atoms with van der Waals surface area (Å²) in [6.45, 7) is 3.31. The Morgan fingerprint density at radius 1 is 1.32 bits per heavy atom. The maximum atomic E-state index is 12.2. The Morgan fingerprint density at radius 2 is 1.95 bits per heavy atom. The third-order valence-electron chi connectivity index (χ3n) is 3.07. The van der Waals surface area contributed by atoms with Crippen LogP contribution in [0.25, 0.3) is 0 Å². The highest BCUT2D eigenvalue weighted by molar-refractivity contribution is 9.11. The molecule has 1 aromatic heterocycles. The van der Waals surface area contributed by atoms with Crippen molar-refractivity contribution >= 4 is 43.2 Å². The second kappa shape index (κ2) is 5.90. The summed E-state index contributed by atoms with van der Waals surface area (Å²) < 4.78 is 25.8. The van der Waals surface area contributed by atoms with E-state index in [-0.39, 0.29) is 11.7 Å². The average molecular weight is 367 g/mol. The van der Waals surface area contributed by atoms with Crippen LogP contribution in [0.2, 0.25) is 0 Å². The normalized spacial score (nSPS) is 17.7. The van der Waals surface area contributed by atoms with Gasteiger partial charge in [0.2, 0.25) is 10.0 Å². The van der Waals surface area contributed by atoms with Crippen LogP contribution in [0.1, 0.15) is 16.6 Å². The van der Waals surface area contributed by atoms with Gasteiger partial charge in [0.15, 0.2) is 0 Å². The van der Waals surface area contributed by atoms with Crippen LogP contribution in [-0.2, 0) is 10.0 Å². The lowest BCUT2D eigenvalue weighted by Crippen LogP contribution is -2.50. The summed E-state index contributed by atoms with van der Waals surface area (Å²) in [4.78, 5) is 14.6. The number of hydrogen-bond acceptors (Lipinski definition) is 4. The number of nitrogens with zero attached hydrogens (tertiary/aromatic N) is 2. The second-order valence-electron chi connectivity index (χ2n) is 4.20. The Morgan fingerprint density at radius 3 is 2.42 bits per heavy atom. The van der Waals surface area contributed by atoms with Crippen LogP contribution in [0, 0.1) is 0 Å². The van der Waals surface area contributed by atoms with Gasteiger partial charge in [0.25, 0.3) is 5.91 Å². The maximum absolute atomic E-state index is 12.2. The minimum absolute atomic E-state index is 0.0238. The monoisotopic (exact) mass is 366 g/mol. The van der Waals surface area contributed by atoms with Crippen LogP contribution in [0.15, 0.2) is 15.9 Å². The molecule has 1 aromatic rings. The number of rotatable bonds is 3. The number of carbonyl (C=O) groups is 1. The van der Waals surface area contributed by atoms with Gasteiger partial charge in [-0.15, -0.1) is 11.3 Å². The number of halogens is 1. The van der Waals surface area contributed by atoms with E-state index in [9.17, 15) is 13.2 Å².